The van der Waals surface area contributed by atoms with Crippen LogP contribution in [0.1, 0.15) is 37.3 Å². The number of hydrogen-bond acceptors (Lipinski definition) is 4. The van der Waals surface area contributed by atoms with Crippen molar-refractivity contribution in [2.24, 2.45) is 5.92 Å². The molecule has 2 aromatic carbocycles. The Morgan fingerprint density at radius 2 is 1.40 bits per heavy atom. The molecule has 0 saturated carbocycles. The fourth-order valence-corrected chi connectivity index (χ4v) is 3.25. The quantitative estimate of drug-likeness (QED) is 0.614. The zero-order valence-electron chi connectivity index (χ0n) is 14.5. The van der Waals surface area contributed by atoms with Crippen LogP contribution in [0.2, 0.25) is 0 Å². The summed E-state index contributed by atoms with van der Waals surface area (Å²) in [4.78, 5) is 25.0. The van der Waals surface area contributed by atoms with Gasteiger partial charge in [0.25, 0.3) is 5.79 Å². The molecule has 1 aliphatic rings. The Morgan fingerprint density at radius 3 is 1.96 bits per heavy atom. The van der Waals surface area contributed by atoms with Gasteiger partial charge in [0.15, 0.2) is 5.92 Å². The van der Waals surface area contributed by atoms with Gasteiger partial charge in [0, 0.05) is 19.8 Å². The summed E-state index contributed by atoms with van der Waals surface area (Å²) in [6.45, 7) is 3.14. The monoisotopic (exact) mass is 338 g/mol. The van der Waals surface area contributed by atoms with Gasteiger partial charge in [-0.3, -0.25) is 9.59 Å². The third-order valence-corrected chi connectivity index (χ3v) is 4.42. The number of esters is 2. The third-order valence-electron chi connectivity index (χ3n) is 4.42. The molecular weight excluding hydrogens is 316 g/mol. The highest BCUT2D eigenvalue weighted by atomic mass is 16.7. The largest absolute Gasteiger partial charge is 0.422 e. The van der Waals surface area contributed by atoms with Crippen molar-refractivity contribution in [1.82, 2.24) is 0 Å². The van der Waals surface area contributed by atoms with Crippen molar-refractivity contribution >= 4 is 11.9 Å². The van der Waals surface area contributed by atoms with Gasteiger partial charge in [0.1, 0.15) is 0 Å². The van der Waals surface area contributed by atoms with E-state index in [0.29, 0.717) is 6.42 Å². The molecule has 1 atom stereocenters. The fraction of sp³-hybridized carbons (Fsp3) is 0.333. The second-order valence-electron chi connectivity index (χ2n) is 6.76. The van der Waals surface area contributed by atoms with Crippen molar-refractivity contribution in [3.8, 4) is 0 Å². The summed E-state index contributed by atoms with van der Waals surface area (Å²) in [5.41, 5.74) is 2.11. The van der Waals surface area contributed by atoms with Gasteiger partial charge in [-0.1, -0.05) is 60.7 Å². The van der Waals surface area contributed by atoms with Gasteiger partial charge in [-0.05, 0) is 24.0 Å². The van der Waals surface area contributed by atoms with Gasteiger partial charge < -0.3 is 9.47 Å². The summed E-state index contributed by atoms with van der Waals surface area (Å²) in [6.07, 6.45) is 1.42. The number of ether oxygens (including phenoxy) is 2. The molecule has 1 heterocycles. The maximum absolute atomic E-state index is 12.5. The molecule has 2 aromatic rings. The number of aryl methyl sites for hydroxylation is 1. The molecule has 130 valence electrons. The number of benzene rings is 2. The van der Waals surface area contributed by atoms with Gasteiger partial charge in [-0.15, -0.1) is 0 Å². The van der Waals surface area contributed by atoms with E-state index < -0.39 is 23.6 Å². The fourth-order valence-electron chi connectivity index (χ4n) is 3.25. The minimum absolute atomic E-state index is 0.280. The molecular formula is C21H22O4. The van der Waals surface area contributed by atoms with Crippen LogP contribution in [-0.4, -0.2) is 17.7 Å². The van der Waals surface area contributed by atoms with E-state index in [-0.39, 0.29) is 5.92 Å². The molecule has 1 fully saturated rings. The molecule has 4 heteroatoms. The maximum atomic E-state index is 12.5. The van der Waals surface area contributed by atoms with Crippen LogP contribution in [0, 0.1) is 5.92 Å². The van der Waals surface area contributed by atoms with Crippen molar-refractivity contribution in [2.45, 2.75) is 38.4 Å². The van der Waals surface area contributed by atoms with Gasteiger partial charge in [0.2, 0.25) is 0 Å². The standard InChI is InChI=1S/C21H22O4/c1-21(2)24-19(22)18(20(23)25-21)17(16-11-7-4-8-12-16)14-13-15-9-5-3-6-10-15/h3-12,17-18H,13-14H2,1-2H3. The molecule has 1 unspecified atom stereocenters. The number of hydrogen-bond donors (Lipinski definition) is 0. The van der Waals surface area contributed by atoms with Gasteiger partial charge in [-0.2, -0.15) is 0 Å². The van der Waals surface area contributed by atoms with E-state index in [0.717, 1.165) is 12.0 Å². The molecule has 0 aliphatic carbocycles. The number of cyclic esters (lactones) is 2. The van der Waals surface area contributed by atoms with Crippen LogP contribution in [0.3, 0.4) is 0 Å². The Balaban J connectivity index is 1.86. The maximum Gasteiger partial charge on any atom is 0.324 e. The Labute approximate surface area is 147 Å². The SMILES string of the molecule is CC1(C)OC(=O)C(C(CCc2ccccc2)c2ccccc2)C(=O)O1. The summed E-state index contributed by atoms with van der Waals surface area (Å²) in [6, 6.07) is 19.6. The minimum atomic E-state index is -1.20. The average molecular weight is 338 g/mol. The Morgan fingerprint density at radius 1 is 0.880 bits per heavy atom. The second kappa shape index (κ2) is 7.09. The summed E-state index contributed by atoms with van der Waals surface area (Å²) < 4.78 is 10.7. The van der Waals surface area contributed by atoms with E-state index in [1.165, 1.54) is 5.56 Å². The second-order valence-corrected chi connectivity index (χ2v) is 6.76. The molecule has 1 saturated heterocycles. The average Bonchev–Trinajstić information content (AvgIpc) is 2.58. The molecule has 0 spiro atoms. The predicted molar refractivity (Wildman–Crippen MR) is 93.7 cm³/mol. The molecule has 0 amide bonds. The smallest absolute Gasteiger partial charge is 0.324 e. The van der Waals surface area contributed by atoms with Gasteiger partial charge in [0.05, 0.1) is 0 Å². The highest BCUT2D eigenvalue weighted by molar-refractivity contribution is 5.97. The van der Waals surface area contributed by atoms with Crippen molar-refractivity contribution < 1.29 is 19.1 Å². The highest BCUT2D eigenvalue weighted by Gasteiger charge is 2.47. The Kier molecular flexibility index (Phi) is 4.88. The van der Waals surface area contributed by atoms with Crippen molar-refractivity contribution in [3.05, 3.63) is 71.8 Å². The van der Waals surface area contributed by atoms with Crippen LogP contribution in [0.4, 0.5) is 0 Å². The first-order valence-corrected chi connectivity index (χ1v) is 8.51. The van der Waals surface area contributed by atoms with E-state index in [2.05, 4.69) is 0 Å². The topological polar surface area (TPSA) is 52.6 Å². The molecule has 3 rings (SSSR count). The summed E-state index contributed by atoms with van der Waals surface area (Å²) >= 11 is 0. The lowest BCUT2D eigenvalue weighted by Crippen LogP contribution is -2.48. The molecule has 0 N–H and O–H groups in total. The van der Waals surface area contributed by atoms with Gasteiger partial charge in [-0.25, -0.2) is 0 Å². The molecule has 0 aromatic heterocycles. The third kappa shape index (κ3) is 4.08. The first-order valence-electron chi connectivity index (χ1n) is 8.51. The Hall–Kier alpha value is -2.62. The van der Waals surface area contributed by atoms with E-state index >= 15 is 0 Å². The zero-order chi connectivity index (χ0) is 17.9. The van der Waals surface area contributed by atoms with Crippen LogP contribution in [0.5, 0.6) is 0 Å². The lowest BCUT2D eigenvalue weighted by Gasteiger charge is -2.36. The predicted octanol–water partition coefficient (Wildman–Crippen LogP) is 3.86. The summed E-state index contributed by atoms with van der Waals surface area (Å²) in [5.74, 6) is -3.44. The number of carbonyl (C=O) groups excluding carboxylic acids is 2. The molecule has 4 nitrogen and oxygen atoms in total. The van der Waals surface area contributed by atoms with Crippen LogP contribution in [0.25, 0.3) is 0 Å². The minimum Gasteiger partial charge on any atom is -0.422 e. The summed E-state index contributed by atoms with van der Waals surface area (Å²) in [5, 5.41) is 0. The van der Waals surface area contributed by atoms with E-state index in [9.17, 15) is 9.59 Å². The van der Waals surface area contributed by atoms with Crippen LogP contribution in [-0.2, 0) is 25.5 Å². The van der Waals surface area contributed by atoms with Crippen LogP contribution in [0.15, 0.2) is 60.7 Å². The van der Waals surface area contributed by atoms with Gasteiger partial charge >= 0.3 is 11.9 Å². The normalized spacial score (nSPS) is 18.3. The molecule has 25 heavy (non-hydrogen) atoms. The van der Waals surface area contributed by atoms with E-state index in [1.807, 2.05) is 60.7 Å². The van der Waals surface area contributed by atoms with Crippen molar-refractivity contribution in [3.63, 3.8) is 0 Å². The van der Waals surface area contributed by atoms with Crippen molar-refractivity contribution in [1.29, 1.82) is 0 Å². The highest BCUT2D eigenvalue weighted by Crippen LogP contribution is 2.36. The molecule has 0 radical (unpaired) electrons. The first-order chi connectivity index (χ1) is 12.0. The molecule has 0 bridgehead atoms. The summed E-state index contributed by atoms with van der Waals surface area (Å²) in [7, 11) is 0. The van der Waals surface area contributed by atoms with E-state index in [1.54, 1.807) is 13.8 Å². The first kappa shape index (κ1) is 17.2. The molecule has 1 aliphatic heterocycles. The van der Waals surface area contributed by atoms with E-state index in [4.69, 9.17) is 9.47 Å². The van der Waals surface area contributed by atoms with Crippen LogP contribution >= 0.6 is 0 Å². The Bertz CT molecular complexity index is 717. The van der Waals surface area contributed by atoms with Crippen molar-refractivity contribution in [2.75, 3.05) is 0 Å². The number of rotatable bonds is 5. The number of carbonyl (C=O) groups is 2. The lowest BCUT2D eigenvalue weighted by atomic mass is 9.81. The lowest BCUT2D eigenvalue weighted by molar-refractivity contribution is -0.241. The van der Waals surface area contributed by atoms with Crippen LogP contribution < -0.4 is 0 Å². The zero-order valence-corrected chi connectivity index (χ0v) is 14.5.